The molecule has 1 aromatic heterocycles. The third kappa shape index (κ3) is 3.88. The first-order chi connectivity index (χ1) is 13.7. The standard InChI is InChI=1S/C23H23N3O2/c27-22(26-15-3-6-21(26)18-9-12-24-13-10-18)11-14-25-23(28)20-8-7-17-4-1-2-5-19(17)16-20/h1-2,4-5,7-10,12-13,16,21H,3,6,11,14-15H2,(H,25,28)/t21-/m1/s1. The second kappa shape index (κ2) is 8.21. The number of nitrogens with one attached hydrogen (secondary N) is 1. The van der Waals surface area contributed by atoms with E-state index in [-0.39, 0.29) is 17.9 Å². The largest absolute Gasteiger partial charge is 0.352 e. The first-order valence-corrected chi connectivity index (χ1v) is 9.69. The summed E-state index contributed by atoms with van der Waals surface area (Å²) in [5.74, 6) is -0.0659. The Kier molecular flexibility index (Phi) is 5.33. The quantitative estimate of drug-likeness (QED) is 0.741. The van der Waals surface area contributed by atoms with Crippen LogP contribution in [0.2, 0.25) is 0 Å². The van der Waals surface area contributed by atoms with Gasteiger partial charge >= 0.3 is 0 Å². The normalized spacial score (nSPS) is 16.3. The van der Waals surface area contributed by atoms with Crippen molar-refractivity contribution >= 4 is 22.6 Å². The van der Waals surface area contributed by atoms with E-state index < -0.39 is 0 Å². The molecule has 5 heteroatoms. The van der Waals surface area contributed by atoms with E-state index in [1.54, 1.807) is 12.4 Å². The summed E-state index contributed by atoms with van der Waals surface area (Å²) in [5, 5.41) is 5.01. The lowest BCUT2D eigenvalue weighted by Gasteiger charge is -2.25. The molecule has 1 saturated heterocycles. The molecule has 3 aromatic rings. The molecule has 142 valence electrons. The van der Waals surface area contributed by atoms with Gasteiger partial charge in [-0.15, -0.1) is 0 Å². The fourth-order valence-electron chi connectivity index (χ4n) is 3.86. The van der Waals surface area contributed by atoms with E-state index >= 15 is 0 Å². The van der Waals surface area contributed by atoms with E-state index in [0.717, 1.165) is 35.7 Å². The van der Waals surface area contributed by atoms with Gasteiger partial charge in [-0.3, -0.25) is 14.6 Å². The number of carbonyl (C=O) groups is 2. The van der Waals surface area contributed by atoms with Crippen LogP contribution in [0.3, 0.4) is 0 Å². The van der Waals surface area contributed by atoms with Crippen LogP contribution in [0.15, 0.2) is 67.0 Å². The topological polar surface area (TPSA) is 62.3 Å². The zero-order valence-corrected chi connectivity index (χ0v) is 15.7. The van der Waals surface area contributed by atoms with Gasteiger partial charge in [0.2, 0.25) is 5.91 Å². The molecule has 5 nitrogen and oxygen atoms in total. The van der Waals surface area contributed by atoms with Gasteiger partial charge in [-0.1, -0.05) is 30.3 Å². The summed E-state index contributed by atoms with van der Waals surface area (Å²) >= 11 is 0. The molecule has 0 spiro atoms. The molecule has 0 aliphatic carbocycles. The zero-order chi connectivity index (χ0) is 19.3. The maximum absolute atomic E-state index is 12.7. The van der Waals surface area contributed by atoms with Crippen LogP contribution in [-0.4, -0.2) is 34.8 Å². The number of amides is 2. The SMILES string of the molecule is O=C(NCCC(=O)N1CCC[C@@H]1c1ccncc1)c1ccc2ccccc2c1. The van der Waals surface area contributed by atoms with E-state index in [1.807, 2.05) is 59.5 Å². The average Bonchev–Trinajstić information content (AvgIpc) is 3.24. The minimum absolute atomic E-state index is 0.0816. The van der Waals surface area contributed by atoms with Crippen LogP contribution in [0.25, 0.3) is 10.8 Å². The molecule has 0 unspecified atom stereocenters. The highest BCUT2D eigenvalue weighted by molar-refractivity contribution is 5.98. The number of hydrogen-bond donors (Lipinski definition) is 1. The van der Waals surface area contributed by atoms with Gasteiger partial charge in [-0.25, -0.2) is 0 Å². The molecular weight excluding hydrogens is 350 g/mol. The fraction of sp³-hybridized carbons (Fsp3) is 0.261. The molecule has 0 saturated carbocycles. The fourth-order valence-corrected chi connectivity index (χ4v) is 3.86. The Balaban J connectivity index is 1.33. The number of rotatable bonds is 5. The summed E-state index contributed by atoms with van der Waals surface area (Å²) < 4.78 is 0. The minimum Gasteiger partial charge on any atom is -0.352 e. The molecule has 1 N–H and O–H groups in total. The molecule has 4 rings (SSSR count). The number of pyridine rings is 1. The molecule has 1 fully saturated rings. The Bertz CT molecular complexity index is 987. The van der Waals surface area contributed by atoms with Crippen molar-refractivity contribution in [2.24, 2.45) is 0 Å². The summed E-state index contributed by atoms with van der Waals surface area (Å²) in [6, 6.07) is 17.6. The molecule has 0 bridgehead atoms. The Morgan fingerprint density at radius 1 is 1.04 bits per heavy atom. The van der Waals surface area contributed by atoms with Crippen LogP contribution < -0.4 is 5.32 Å². The van der Waals surface area contributed by atoms with Crippen molar-refractivity contribution < 1.29 is 9.59 Å². The van der Waals surface area contributed by atoms with E-state index in [1.165, 1.54) is 0 Å². The van der Waals surface area contributed by atoms with E-state index in [2.05, 4.69) is 10.3 Å². The maximum atomic E-state index is 12.7. The molecule has 1 aliphatic rings. The Labute approximate surface area is 164 Å². The van der Waals surface area contributed by atoms with Crippen molar-refractivity contribution in [1.82, 2.24) is 15.2 Å². The van der Waals surface area contributed by atoms with Crippen LogP contribution in [0.1, 0.15) is 41.2 Å². The first-order valence-electron chi connectivity index (χ1n) is 9.69. The van der Waals surface area contributed by atoms with Gasteiger partial charge in [0.05, 0.1) is 6.04 Å². The van der Waals surface area contributed by atoms with Crippen LogP contribution in [0.5, 0.6) is 0 Å². The molecule has 2 amide bonds. The predicted octanol–water partition coefficient (Wildman–Crippen LogP) is 3.72. The van der Waals surface area contributed by atoms with Gasteiger partial charge in [-0.05, 0) is 53.4 Å². The van der Waals surface area contributed by atoms with Gasteiger partial charge < -0.3 is 10.2 Å². The van der Waals surface area contributed by atoms with Gasteiger partial charge in [-0.2, -0.15) is 0 Å². The summed E-state index contributed by atoms with van der Waals surface area (Å²) in [5.41, 5.74) is 1.74. The van der Waals surface area contributed by atoms with Crippen molar-refractivity contribution in [2.45, 2.75) is 25.3 Å². The lowest BCUT2D eigenvalue weighted by Crippen LogP contribution is -2.34. The van der Waals surface area contributed by atoms with Gasteiger partial charge in [0.15, 0.2) is 0 Å². The van der Waals surface area contributed by atoms with Crippen molar-refractivity contribution in [3.8, 4) is 0 Å². The lowest BCUT2D eigenvalue weighted by atomic mass is 10.1. The predicted molar refractivity (Wildman–Crippen MR) is 109 cm³/mol. The number of aromatic nitrogens is 1. The summed E-state index contributed by atoms with van der Waals surface area (Å²) in [7, 11) is 0. The molecule has 1 atom stereocenters. The minimum atomic E-state index is -0.148. The van der Waals surface area contributed by atoms with Crippen molar-refractivity contribution in [2.75, 3.05) is 13.1 Å². The summed E-state index contributed by atoms with van der Waals surface area (Å²) in [6.07, 6.45) is 5.81. The third-order valence-corrected chi connectivity index (χ3v) is 5.30. The van der Waals surface area contributed by atoms with Crippen LogP contribution in [0.4, 0.5) is 0 Å². The molecular formula is C23H23N3O2. The van der Waals surface area contributed by atoms with E-state index in [0.29, 0.717) is 18.5 Å². The first kappa shape index (κ1) is 18.2. The smallest absolute Gasteiger partial charge is 0.251 e. The second-order valence-electron chi connectivity index (χ2n) is 7.09. The Morgan fingerprint density at radius 2 is 1.82 bits per heavy atom. The Hall–Kier alpha value is -3.21. The monoisotopic (exact) mass is 373 g/mol. The van der Waals surface area contributed by atoms with Crippen LogP contribution >= 0.6 is 0 Å². The second-order valence-corrected chi connectivity index (χ2v) is 7.09. The van der Waals surface area contributed by atoms with Crippen molar-refractivity contribution in [1.29, 1.82) is 0 Å². The average molecular weight is 373 g/mol. The van der Waals surface area contributed by atoms with E-state index in [4.69, 9.17) is 0 Å². The molecule has 28 heavy (non-hydrogen) atoms. The molecule has 0 radical (unpaired) electrons. The number of likely N-dealkylation sites (tertiary alicyclic amines) is 1. The maximum Gasteiger partial charge on any atom is 0.251 e. The van der Waals surface area contributed by atoms with E-state index in [9.17, 15) is 9.59 Å². The highest BCUT2D eigenvalue weighted by atomic mass is 16.2. The number of nitrogens with zero attached hydrogens (tertiary/aromatic N) is 2. The molecule has 2 aromatic carbocycles. The lowest BCUT2D eigenvalue weighted by molar-refractivity contribution is -0.132. The Morgan fingerprint density at radius 3 is 2.64 bits per heavy atom. The number of carbonyl (C=O) groups excluding carboxylic acids is 2. The number of fused-ring (bicyclic) bond motifs is 1. The van der Waals surface area contributed by atoms with Crippen LogP contribution in [0, 0.1) is 0 Å². The number of hydrogen-bond acceptors (Lipinski definition) is 3. The van der Waals surface area contributed by atoms with Crippen molar-refractivity contribution in [3.05, 3.63) is 78.1 Å². The molecule has 1 aliphatic heterocycles. The number of benzene rings is 2. The highest BCUT2D eigenvalue weighted by Crippen LogP contribution is 2.31. The van der Waals surface area contributed by atoms with Crippen LogP contribution in [-0.2, 0) is 4.79 Å². The highest BCUT2D eigenvalue weighted by Gasteiger charge is 2.29. The van der Waals surface area contributed by atoms with Crippen molar-refractivity contribution in [3.63, 3.8) is 0 Å². The van der Waals surface area contributed by atoms with Gasteiger partial charge in [0.1, 0.15) is 0 Å². The molecule has 2 heterocycles. The summed E-state index contributed by atoms with van der Waals surface area (Å²) in [6.45, 7) is 1.11. The van der Waals surface area contributed by atoms with Gasteiger partial charge in [0.25, 0.3) is 5.91 Å². The zero-order valence-electron chi connectivity index (χ0n) is 15.7. The summed E-state index contributed by atoms with van der Waals surface area (Å²) in [4.78, 5) is 31.1. The van der Waals surface area contributed by atoms with Gasteiger partial charge in [0, 0.05) is 37.5 Å². The third-order valence-electron chi connectivity index (χ3n) is 5.30.